The minimum absolute atomic E-state index is 0.483. The predicted octanol–water partition coefficient (Wildman–Crippen LogP) is 8.48. The Bertz CT molecular complexity index is 360. The van der Waals surface area contributed by atoms with Crippen LogP contribution in [0.3, 0.4) is 0 Å². The van der Waals surface area contributed by atoms with Gasteiger partial charge in [0.15, 0.2) is 0 Å². The SMILES string of the molecule is C=CCOCC1(CCCCCCCCCC)CCC(C2CCCCC2)CC1. The third-order valence-corrected chi connectivity index (χ3v) is 7.61. The van der Waals surface area contributed by atoms with E-state index >= 15 is 0 Å². The maximum absolute atomic E-state index is 6.01. The monoisotopic (exact) mass is 376 g/mol. The standard InChI is InChI=1S/C26H48O/c1-3-5-6-7-8-9-10-14-19-26(23-27-22-4-2)20-17-25(18-21-26)24-15-12-11-13-16-24/h4,24-25H,2-3,5-23H2,1H3. The molecule has 2 saturated carbocycles. The zero-order valence-corrected chi connectivity index (χ0v) is 18.5. The maximum Gasteiger partial charge on any atom is 0.0645 e. The Labute approximate surface area is 170 Å². The lowest BCUT2D eigenvalue weighted by Crippen LogP contribution is -2.34. The van der Waals surface area contributed by atoms with Crippen molar-refractivity contribution in [3.05, 3.63) is 12.7 Å². The van der Waals surface area contributed by atoms with Crippen molar-refractivity contribution in [2.45, 2.75) is 122 Å². The Morgan fingerprint density at radius 3 is 2.04 bits per heavy atom. The van der Waals surface area contributed by atoms with Gasteiger partial charge in [-0.05, 0) is 49.4 Å². The van der Waals surface area contributed by atoms with Gasteiger partial charge in [0, 0.05) is 0 Å². The molecule has 0 spiro atoms. The normalized spacial score (nSPS) is 26.9. The molecule has 0 aliphatic heterocycles. The van der Waals surface area contributed by atoms with E-state index in [0.29, 0.717) is 5.41 Å². The van der Waals surface area contributed by atoms with Crippen LogP contribution in [0.1, 0.15) is 122 Å². The van der Waals surface area contributed by atoms with E-state index in [9.17, 15) is 0 Å². The van der Waals surface area contributed by atoms with E-state index in [1.54, 1.807) is 0 Å². The van der Waals surface area contributed by atoms with Gasteiger partial charge in [-0.2, -0.15) is 0 Å². The summed E-state index contributed by atoms with van der Waals surface area (Å²) in [5.41, 5.74) is 0.483. The quantitative estimate of drug-likeness (QED) is 0.218. The third kappa shape index (κ3) is 8.71. The zero-order chi connectivity index (χ0) is 19.2. The average molecular weight is 377 g/mol. The molecule has 0 aromatic heterocycles. The maximum atomic E-state index is 6.01. The molecule has 0 aromatic rings. The summed E-state index contributed by atoms with van der Waals surface area (Å²) in [5.74, 6) is 2.07. The van der Waals surface area contributed by atoms with Crippen LogP contribution in [0.25, 0.3) is 0 Å². The van der Waals surface area contributed by atoms with Crippen LogP contribution in [-0.4, -0.2) is 13.2 Å². The molecule has 2 fully saturated rings. The Kier molecular flexibility index (Phi) is 11.8. The first-order valence-corrected chi connectivity index (χ1v) is 12.5. The topological polar surface area (TPSA) is 9.23 Å². The zero-order valence-electron chi connectivity index (χ0n) is 18.5. The van der Waals surface area contributed by atoms with Crippen LogP contribution in [0.4, 0.5) is 0 Å². The summed E-state index contributed by atoms with van der Waals surface area (Å²) in [5, 5.41) is 0. The highest BCUT2D eigenvalue weighted by Crippen LogP contribution is 2.47. The summed E-state index contributed by atoms with van der Waals surface area (Å²) in [7, 11) is 0. The molecule has 2 aliphatic carbocycles. The van der Waals surface area contributed by atoms with E-state index in [0.717, 1.165) is 25.0 Å². The van der Waals surface area contributed by atoms with Crippen LogP contribution in [0.15, 0.2) is 12.7 Å². The van der Waals surface area contributed by atoms with Gasteiger partial charge in [0.05, 0.1) is 13.2 Å². The molecule has 0 unspecified atom stereocenters. The summed E-state index contributed by atoms with van der Waals surface area (Å²) in [6.45, 7) is 7.84. The largest absolute Gasteiger partial charge is 0.377 e. The van der Waals surface area contributed by atoms with Crippen LogP contribution in [-0.2, 0) is 4.74 Å². The third-order valence-electron chi connectivity index (χ3n) is 7.61. The molecule has 0 atom stereocenters. The number of unbranched alkanes of at least 4 members (excludes halogenated alkanes) is 7. The first-order valence-electron chi connectivity index (χ1n) is 12.5. The highest BCUT2D eigenvalue weighted by Gasteiger charge is 2.37. The molecule has 2 aliphatic rings. The number of ether oxygens (including phenoxy) is 1. The smallest absolute Gasteiger partial charge is 0.0645 e. The van der Waals surface area contributed by atoms with Crippen molar-refractivity contribution < 1.29 is 4.74 Å². The van der Waals surface area contributed by atoms with Crippen molar-refractivity contribution in [3.63, 3.8) is 0 Å². The van der Waals surface area contributed by atoms with E-state index < -0.39 is 0 Å². The van der Waals surface area contributed by atoms with Crippen molar-refractivity contribution in [1.82, 2.24) is 0 Å². The molecule has 1 heteroatoms. The first-order chi connectivity index (χ1) is 13.3. The van der Waals surface area contributed by atoms with Gasteiger partial charge in [-0.15, -0.1) is 6.58 Å². The van der Waals surface area contributed by atoms with Crippen LogP contribution in [0.5, 0.6) is 0 Å². The second-order valence-electron chi connectivity index (χ2n) is 9.76. The fourth-order valence-electron chi connectivity index (χ4n) is 5.79. The molecule has 0 saturated heterocycles. The fourth-order valence-corrected chi connectivity index (χ4v) is 5.79. The number of hydrogen-bond acceptors (Lipinski definition) is 1. The van der Waals surface area contributed by atoms with Crippen molar-refractivity contribution in [2.75, 3.05) is 13.2 Å². The van der Waals surface area contributed by atoms with Crippen molar-refractivity contribution in [3.8, 4) is 0 Å². The fraction of sp³-hybridized carbons (Fsp3) is 0.923. The van der Waals surface area contributed by atoms with Gasteiger partial charge in [0.25, 0.3) is 0 Å². The van der Waals surface area contributed by atoms with E-state index in [1.165, 1.54) is 116 Å². The summed E-state index contributed by atoms with van der Waals surface area (Å²) in [6, 6.07) is 0. The van der Waals surface area contributed by atoms with E-state index in [4.69, 9.17) is 4.74 Å². The Balaban J connectivity index is 1.70. The molecule has 0 bridgehead atoms. The van der Waals surface area contributed by atoms with Gasteiger partial charge < -0.3 is 4.74 Å². The highest BCUT2D eigenvalue weighted by atomic mass is 16.5. The summed E-state index contributed by atoms with van der Waals surface area (Å²) in [4.78, 5) is 0. The Morgan fingerprint density at radius 1 is 0.815 bits per heavy atom. The van der Waals surface area contributed by atoms with Crippen molar-refractivity contribution >= 4 is 0 Å². The molecule has 2 rings (SSSR count). The lowest BCUT2D eigenvalue weighted by atomic mass is 9.64. The van der Waals surface area contributed by atoms with E-state index in [2.05, 4.69) is 13.5 Å². The molecular weight excluding hydrogens is 328 g/mol. The molecule has 0 amide bonds. The van der Waals surface area contributed by atoms with Crippen molar-refractivity contribution in [1.29, 1.82) is 0 Å². The molecule has 0 radical (unpaired) electrons. The lowest BCUT2D eigenvalue weighted by molar-refractivity contribution is 0.00340. The van der Waals surface area contributed by atoms with Gasteiger partial charge in [-0.1, -0.05) is 96.5 Å². The molecule has 0 N–H and O–H groups in total. The van der Waals surface area contributed by atoms with Gasteiger partial charge in [-0.25, -0.2) is 0 Å². The second kappa shape index (κ2) is 13.8. The minimum atomic E-state index is 0.483. The van der Waals surface area contributed by atoms with Gasteiger partial charge in [-0.3, -0.25) is 0 Å². The first kappa shape index (κ1) is 23.0. The van der Waals surface area contributed by atoms with Crippen LogP contribution in [0.2, 0.25) is 0 Å². The lowest BCUT2D eigenvalue weighted by Gasteiger charge is -2.43. The van der Waals surface area contributed by atoms with Crippen molar-refractivity contribution in [2.24, 2.45) is 17.3 Å². The minimum Gasteiger partial charge on any atom is -0.377 e. The Morgan fingerprint density at radius 2 is 1.41 bits per heavy atom. The number of hydrogen-bond donors (Lipinski definition) is 0. The van der Waals surface area contributed by atoms with E-state index in [-0.39, 0.29) is 0 Å². The summed E-state index contributed by atoms with van der Waals surface area (Å²) >= 11 is 0. The summed E-state index contributed by atoms with van der Waals surface area (Å²) < 4.78 is 6.01. The van der Waals surface area contributed by atoms with Gasteiger partial charge in [0.2, 0.25) is 0 Å². The van der Waals surface area contributed by atoms with Gasteiger partial charge >= 0.3 is 0 Å². The van der Waals surface area contributed by atoms with Crippen LogP contribution in [0, 0.1) is 17.3 Å². The molecule has 1 nitrogen and oxygen atoms in total. The Hall–Kier alpha value is -0.300. The van der Waals surface area contributed by atoms with Crippen LogP contribution >= 0.6 is 0 Å². The average Bonchev–Trinajstić information content (AvgIpc) is 2.71. The molecule has 158 valence electrons. The molecular formula is C26H48O. The molecule has 0 aromatic carbocycles. The van der Waals surface area contributed by atoms with Crippen LogP contribution < -0.4 is 0 Å². The molecule has 27 heavy (non-hydrogen) atoms. The van der Waals surface area contributed by atoms with Gasteiger partial charge in [0.1, 0.15) is 0 Å². The highest BCUT2D eigenvalue weighted by molar-refractivity contribution is 4.89. The number of rotatable bonds is 14. The predicted molar refractivity (Wildman–Crippen MR) is 119 cm³/mol. The van der Waals surface area contributed by atoms with E-state index in [1.807, 2.05) is 6.08 Å². The molecule has 0 heterocycles. The summed E-state index contributed by atoms with van der Waals surface area (Å²) in [6.07, 6.45) is 28.0. The second-order valence-corrected chi connectivity index (χ2v) is 9.76.